The molecule has 128 valence electrons. The van der Waals surface area contributed by atoms with Crippen molar-refractivity contribution < 1.29 is 18.1 Å². The number of ether oxygens (including phenoxy) is 1. The third-order valence-corrected chi connectivity index (χ3v) is 5.62. The maximum atomic E-state index is 12.8. The lowest BCUT2D eigenvalue weighted by Crippen LogP contribution is -2.30. The molecule has 1 N–H and O–H groups in total. The van der Waals surface area contributed by atoms with Crippen molar-refractivity contribution in [3.63, 3.8) is 0 Å². The molecule has 1 saturated heterocycles. The van der Waals surface area contributed by atoms with E-state index in [0.717, 1.165) is 18.9 Å². The maximum Gasteiger partial charge on any atom is 0.270 e. The van der Waals surface area contributed by atoms with Crippen LogP contribution in [-0.4, -0.2) is 50.5 Å². The van der Waals surface area contributed by atoms with Crippen LogP contribution in [0.1, 0.15) is 19.8 Å². The van der Waals surface area contributed by atoms with Crippen LogP contribution in [0.5, 0.6) is 0 Å². The average molecular weight is 343 g/mol. The van der Waals surface area contributed by atoms with Gasteiger partial charge in [-0.1, -0.05) is 0 Å². The zero-order chi connectivity index (χ0) is 17.0. The fraction of sp³-hybridized carbons (Fsp3) is 0.571. The molecule has 0 radical (unpaired) electrons. The lowest BCUT2D eigenvalue weighted by molar-refractivity contribution is -0.385. The van der Waals surface area contributed by atoms with Gasteiger partial charge in [-0.2, -0.15) is 4.31 Å². The molecule has 2 rings (SSSR count). The number of rotatable bonds is 7. The number of nitro benzene ring substituents is 1. The minimum absolute atomic E-state index is 0.0587. The number of anilines is 1. The lowest BCUT2D eigenvalue weighted by Gasteiger charge is -2.21. The van der Waals surface area contributed by atoms with Crippen molar-refractivity contribution in [1.82, 2.24) is 4.31 Å². The highest BCUT2D eigenvalue weighted by atomic mass is 32.2. The van der Waals surface area contributed by atoms with E-state index in [4.69, 9.17) is 4.74 Å². The van der Waals surface area contributed by atoms with E-state index in [2.05, 4.69) is 5.32 Å². The Morgan fingerprint density at radius 3 is 2.61 bits per heavy atom. The van der Waals surface area contributed by atoms with Crippen LogP contribution >= 0.6 is 0 Å². The molecule has 0 saturated carbocycles. The first-order valence-corrected chi connectivity index (χ1v) is 8.84. The van der Waals surface area contributed by atoms with Gasteiger partial charge in [0.1, 0.15) is 4.90 Å². The molecule has 1 atom stereocenters. The molecule has 0 spiro atoms. The largest absolute Gasteiger partial charge is 0.383 e. The first-order chi connectivity index (χ1) is 10.9. The summed E-state index contributed by atoms with van der Waals surface area (Å²) in [6.45, 7) is 3.12. The Bertz CT molecular complexity index is 671. The van der Waals surface area contributed by atoms with Crippen LogP contribution in [-0.2, 0) is 14.8 Å². The van der Waals surface area contributed by atoms with E-state index in [1.807, 2.05) is 6.92 Å². The number of hydrogen-bond acceptors (Lipinski definition) is 6. The quantitative estimate of drug-likeness (QED) is 0.598. The van der Waals surface area contributed by atoms with Crippen LogP contribution in [0.15, 0.2) is 23.1 Å². The Morgan fingerprint density at radius 1 is 1.39 bits per heavy atom. The molecule has 0 amide bonds. The van der Waals surface area contributed by atoms with E-state index in [-0.39, 0.29) is 16.6 Å². The van der Waals surface area contributed by atoms with Gasteiger partial charge in [-0.3, -0.25) is 10.1 Å². The summed E-state index contributed by atoms with van der Waals surface area (Å²) in [5.74, 6) is 0. The third-order valence-electron chi connectivity index (χ3n) is 3.68. The summed E-state index contributed by atoms with van der Waals surface area (Å²) in [4.78, 5) is 10.3. The van der Waals surface area contributed by atoms with Crippen LogP contribution < -0.4 is 5.32 Å². The molecule has 1 aromatic carbocycles. The van der Waals surface area contributed by atoms with Gasteiger partial charge in [0.25, 0.3) is 5.69 Å². The van der Waals surface area contributed by atoms with Gasteiger partial charge < -0.3 is 10.1 Å². The molecular formula is C14H21N3O5S. The van der Waals surface area contributed by atoms with Gasteiger partial charge in [0, 0.05) is 38.4 Å². The summed E-state index contributed by atoms with van der Waals surface area (Å²) in [5, 5.41) is 14.0. The van der Waals surface area contributed by atoms with Gasteiger partial charge in [-0.25, -0.2) is 8.42 Å². The van der Waals surface area contributed by atoms with Gasteiger partial charge in [-0.15, -0.1) is 0 Å². The van der Waals surface area contributed by atoms with E-state index >= 15 is 0 Å². The van der Waals surface area contributed by atoms with Crippen LogP contribution in [0.25, 0.3) is 0 Å². The molecule has 0 bridgehead atoms. The number of hydrogen-bond donors (Lipinski definition) is 1. The first-order valence-electron chi connectivity index (χ1n) is 7.40. The van der Waals surface area contributed by atoms with Crippen LogP contribution in [0.4, 0.5) is 11.4 Å². The van der Waals surface area contributed by atoms with Crippen molar-refractivity contribution in [2.75, 3.05) is 32.1 Å². The zero-order valence-electron chi connectivity index (χ0n) is 13.2. The molecule has 1 aliphatic rings. The van der Waals surface area contributed by atoms with E-state index < -0.39 is 14.9 Å². The Balaban J connectivity index is 2.44. The monoisotopic (exact) mass is 343 g/mol. The minimum atomic E-state index is -3.76. The Kier molecular flexibility index (Phi) is 5.55. The Hall–Kier alpha value is -1.71. The van der Waals surface area contributed by atoms with E-state index in [1.54, 1.807) is 7.11 Å². The average Bonchev–Trinajstić information content (AvgIpc) is 3.02. The van der Waals surface area contributed by atoms with Gasteiger partial charge in [0.05, 0.1) is 17.2 Å². The molecule has 0 aromatic heterocycles. The van der Waals surface area contributed by atoms with Crippen molar-refractivity contribution in [3.05, 3.63) is 28.3 Å². The topological polar surface area (TPSA) is 102 Å². The molecular weight excluding hydrogens is 322 g/mol. The summed E-state index contributed by atoms with van der Waals surface area (Å²) in [7, 11) is -2.21. The summed E-state index contributed by atoms with van der Waals surface area (Å²) in [6, 6.07) is 3.72. The second-order valence-electron chi connectivity index (χ2n) is 5.55. The summed E-state index contributed by atoms with van der Waals surface area (Å²) in [5.41, 5.74) is 0.111. The number of nitro groups is 1. The van der Waals surface area contributed by atoms with Crippen molar-refractivity contribution in [2.45, 2.75) is 30.7 Å². The van der Waals surface area contributed by atoms with Crippen LogP contribution in [0.3, 0.4) is 0 Å². The van der Waals surface area contributed by atoms with Gasteiger partial charge in [0.2, 0.25) is 10.0 Å². The standard InChI is InChI=1S/C14H21N3O5S/c1-11(10-22-2)15-13-6-5-12(17(18)19)9-14(13)23(20,21)16-7-3-4-8-16/h5-6,9,11,15H,3-4,7-8,10H2,1-2H3/t11-/m1/s1. The second kappa shape index (κ2) is 7.24. The summed E-state index contributed by atoms with van der Waals surface area (Å²) in [6.07, 6.45) is 1.61. The van der Waals surface area contributed by atoms with Crippen LogP contribution in [0.2, 0.25) is 0 Å². The van der Waals surface area contributed by atoms with Crippen molar-refractivity contribution >= 4 is 21.4 Å². The Morgan fingerprint density at radius 2 is 2.04 bits per heavy atom. The predicted octanol–water partition coefficient (Wildman–Crippen LogP) is 1.83. The SMILES string of the molecule is COC[C@@H](C)Nc1ccc([N+](=O)[O-])cc1S(=O)(=O)N1CCCC1. The van der Waals surface area contributed by atoms with Gasteiger partial charge in [-0.05, 0) is 25.8 Å². The van der Waals surface area contributed by atoms with E-state index in [1.165, 1.54) is 16.4 Å². The van der Waals surface area contributed by atoms with Gasteiger partial charge in [0.15, 0.2) is 0 Å². The molecule has 1 heterocycles. The number of methoxy groups -OCH3 is 1. The molecule has 0 unspecified atom stereocenters. The third kappa shape index (κ3) is 3.98. The maximum absolute atomic E-state index is 12.8. The molecule has 0 aliphatic carbocycles. The molecule has 1 fully saturated rings. The van der Waals surface area contributed by atoms with Crippen LogP contribution in [0, 0.1) is 10.1 Å². The fourth-order valence-corrected chi connectivity index (χ4v) is 4.27. The molecule has 1 aliphatic heterocycles. The fourth-order valence-electron chi connectivity index (χ4n) is 2.58. The number of non-ortho nitro benzene ring substituents is 1. The second-order valence-corrected chi connectivity index (χ2v) is 7.46. The highest BCUT2D eigenvalue weighted by molar-refractivity contribution is 7.89. The lowest BCUT2D eigenvalue weighted by atomic mass is 10.2. The number of sulfonamides is 1. The minimum Gasteiger partial charge on any atom is -0.383 e. The Labute approximate surface area is 135 Å². The summed E-state index contributed by atoms with van der Waals surface area (Å²) < 4.78 is 32.0. The van der Waals surface area contributed by atoms with Crippen molar-refractivity contribution in [3.8, 4) is 0 Å². The van der Waals surface area contributed by atoms with E-state index in [9.17, 15) is 18.5 Å². The van der Waals surface area contributed by atoms with Crippen molar-refractivity contribution in [2.24, 2.45) is 0 Å². The predicted molar refractivity (Wildman–Crippen MR) is 86.0 cm³/mol. The van der Waals surface area contributed by atoms with E-state index in [0.29, 0.717) is 25.4 Å². The molecule has 8 nitrogen and oxygen atoms in total. The highest BCUT2D eigenvalue weighted by Crippen LogP contribution is 2.31. The number of nitrogens with one attached hydrogen (secondary N) is 1. The zero-order valence-corrected chi connectivity index (χ0v) is 14.0. The first kappa shape index (κ1) is 17.6. The van der Waals surface area contributed by atoms with Gasteiger partial charge >= 0.3 is 0 Å². The highest BCUT2D eigenvalue weighted by Gasteiger charge is 2.31. The van der Waals surface area contributed by atoms with Crippen molar-refractivity contribution in [1.29, 1.82) is 0 Å². The number of benzene rings is 1. The number of nitrogens with zero attached hydrogens (tertiary/aromatic N) is 2. The normalized spacial score (nSPS) is 17.1. The smallest absolute Gasteiger partial charge is 0.270 e. The molecule has 1 aromatic rings. The molecule has 23 heavy (non-hydrogen) atoms. The summed E-state index contributed by atoms with van der Waals surface area (Å²) >= 11 is 0. The molecule has 9 heteroatoms.